The van der Waals surface area contributed by atoms with Crippen LogP contribution in [0.2, 0.25) is 0 Å². The molecule has 0 fully saturated rings. The number of carbonyl (C=O) groups excluding carboxylic acids is 1. The minimum atomic E-state index is -3.73. The SMILES string of the molecule is NC(=O)C(CC(=O)O)(O[P+](=O)[O-])C(=O)O. The quantitative estimate of drug-likeness (QED) is 0.346. The third kappa shape index (κ3) is 3.24. The van der Waals surface area contributed by atoms with Crippen LogP contribution in [0.3, 0.4) is 0 Å². The molecule has 0 aromatic carbocycles. The molecule has 1 amide bonds. The number of rotatable bonds is 6. The van der Waals surface area contributed by atoms with Crippen LogP contribution >= 0.6 is 8.25 Å². The van der Waals surface area contributed by atoms with E-state index in [-0.39, 0.29) is 0 Å². The average molecular weight is 239 g/mol. The van der Waals surface area contributed by atoms with Gasteiger partial charge < -0.3 is 20.8 Å². The first kappa shape index (κ1) is 13.4. The minimum absolute atomic E-state index is 1.39. The maximum absolute atomic E-state index is 10.7. The molecule has 0 aliphatic rings. The number of carboxylic acids is 2. The number of hydrogen-bond donors (Lipinski definition) is 3. The number of primary amides is 1. The van der Waals surface area contributed by atoms with Gasteiger partial charge in [-0.1, -0.05) is 0 Å². The molecule has 0 saturated carbocycles. The Morgan fingerprint density at radius 1 is 1.40 bits per heavy atom. The Hall–Kier alpha value is -1.57. The molecule has 0 aliphatic heterocycles. The highest BCUT2D eigenvalue weighted by molar-refractivity contribution is 7.30. The number of carbonyl (C=O) groups is 3. The van der Waals surface area contributed by atoms with E-state index in [1.165, 1.54) is 0 Å². The van der Waals surface area contributed by atoms with Crippen molar-refractivity contribution in [1.29, 1.82) is 0 Å². The molecule has 0 aromatic heterocycles. The summed E-state index contributed by atoms with van der Waals surface area (Å²) < 4.78 is 13.9. The summed E-state index contributed by atoms with van der Waals surface area (Å²) in [6, 6.07) is 0. The fourth-order valence-corrected chi connectivity index (χ4v) is 1.21. The zero-order chi connectivity index (χ0) is 12.2. The van der Waals surface area contributed by atoms with Gasteiger partial charge in [0.15, 0.2) is 0 Å². The van der Waals surface area contributed by atoms with Crippen molar-refractivity contribution in [2.24, 2.45) is 5.73 Å². The summed E-state index contributed by atoms with van der Waals surface area (Å²) in [5.41, 5.74) is 1.50. The second kappa shape index (κ2) is 4.78. The number of aliphatic carboxylic acids is 2. The van der Waals surface area contributed by atoms with E-state index < -0.39 is 38.1 Å². The zero-order valence-electron chi connectivity index (χ0n) is 7.08. The van der Waals surface area contributed by atoms with Crippen LogP contribution in [0.15, 0.2) is 0 Å². The van der Waals surface area contributed by atoms with Crippen LogP contribution in [0, 0.1) is 0 Å². The number of amides is 1. The van der Waals surface area contributed by atoms with Crippen molar-refractivity contribution in [3.63, 3.8) is 0 Å². The Kier molecular flexibility index (Phi) is 4.28. The van der Waals surface area contributed by atoms with Crippen molar-refractivity contribution in [3.8, 4) is 0 Å². The van der Waals surface area contributed by atoms with Crippen molar-refractivity contribution in [1.82, 2.24) is 0 Å². The standard InChI is InChI=1S/C5H6NO8P/c6-3(9)5(4(10)11,1-2(7)8)14-15(12)13/h1H2,(H2,6,9)(H,7,8)(H,10,11). The number of hydrogen-bond acceptors (Lipinski definition) is 6. The summed E-state index contributed by atoms with van der Waals surface area (Å²) in [7, 11) is -3.73. The Morgan fingerprint density at radius 2 is 1.87 bits per heavy atom. The fourth-order valence-electron chi connectivity index (χ4n) is 0.725. The van der Waals surface area contributed by atoms with Gasteiger partial charge in [0.1, 0.15) is 0 Å². The highest BCUT2D eigenvalue weighted by atomic mass is 31.1. The average Bonchev–Trinajstić information content (AvgIpc) is 1.99. The Morgan fingerprint density at radius 3 is 2.07 bits per heavy atom. The van der Waals surface area contributed by atoms with E-state index in [0.29, 0.717) is 0 Å². The molecule has 9 nitrogen and oxygen atoms in total. The van der Waals surface area contributed by atoms with E-state index in [4.69, 9.17) is 10.2 Å². The van der Waals surface area contributed by atoms with Gasteiger partial charge >= 0.3 is 25.8 Å². The number of nitrogens with two attached hydrogens (primary N) is 1. The van der Waals surface area contributed by atoms with Crippen molar-refractivity contribution in [2.45, 2.75) is 12.0 Å². The monoisotopic (exact) mass is 239 g/mol. The van der Waals surface area contributed by atoms with Crippen LogP contribution < -0.4 is 10.6 Å². The minimum Gasteiger partial charge on any atom is -0.566 e. The van der Waals surface area contributed by atoms with Gasteiger partial charge in [0.25, 0.3) is 5.91 Å². The van der Waals surface area contributed by atoms with Crippen molar-refractivity contribution in [2.75, 3.05) is 0 Å². The molecule has 0 bridgehead atoms. The third-order valence-corrected chi connectivity index (χ3v) is 1.83. The molecule has 2 atom stereocenters. The van der Waals surface area contributed by atoms with Crippen molar-refractivity contribution < 1.29 is 38.6 Å². The van der Waals surface area contributed by atoms with Crippen LogP contribution in [0.4, 0.5) is 0 Å². The molecule has 10 heteroatoms. The predicted molar refractivity (Wildman–Crippen MR) is 40.5 cm³/mol. The molecule has 0 aliphatic carbocycles. The molecule has 0 heterocycles. The molecule has 0 radical (unpaired) electrons. The lowest BCUT2D eigenvalue weighted by Gasteiger charge is -2.17. The molecule has 84 valence electrons. The second-order valence-electron chi connectivity index (χ2n) is 2.38. The maximum atomic E-state index is 10.7. The van der Waals surface area contributed by atoms with Gasteiger partial charge in [0.05, 0.1) is 6.42 Å². The molecular formula is C5H6NO8P. The van der Waals surface area contributed by atoms with Gasteiger partial charge in [-0.05, 0) is 4.57 Å². The lowest BCUT2D eigenvalue weighted by atomic mass is 10.00. The van der Waals surface area contributed by atoms with E-state index in [1.807, 2.05) is 0 Å². The summed E-state index contributed by atoms with van der Waals surface area (Å²) in [6.45, 7) is 0. The zero-order valence-corrected chi connectivity index (χ0v) is 7.97. The first-order valence-corrected chi connectivity index (χ1v) is 4.40. The van der Waals surface area contributed by atoms with E-state index in [2.05, 4.69) is 10.3 Å². The van der Waals surface area contributed by atoms with Gasteiger partial charge in [-0.25, -0.2) is 4.79 Å². The molecule has 0 spiro atoms. The second-order valence-corrected chi connectivity index (χ2v) is 3.01. The fraction of sp³-hybridized carbons (Fsp3) is 0.400. The molecule has 4 N–H and O–H groups in total. The molecular weight excluding hydrogens is 233 g/mol. The summed E-state index contributed by atoms with van der Waals surface area (Å²) in [5, 5.41) is 16.8. The van der Waals surface area contributed by atoms with Crippen LogP contribution in [0.5, 0.6) is 0 Å². The van der Waals surface area contributed by atoms with E-state index in [0.717, 1.165) is 0 Å². The smallest absolute Gasteiger partial charge is 0.490 e. The Balaban J connectivity index is 5.26. The molecule has 0 saturated heterocycles. The largest absolute Gasteiger partial charge is 0.566 e. The Labute approximate surface area is 83.4 Å². The topological polar surface area (TPSA) is 167 Å². The van der Waals surface area contributed by atoms with E-state index in [1.54, 1.807) is 0 Å². The van der Waals surface area contributed by atoms with Crippen molar-refractivity contribution in [3.05, 3.63) is 0 Å². The third-order valence-electron chi connectivity index (χ3n) is 1.37. The molecule has 2 unspecified atom stereocenters. The van der Waals surface area contributed by atoms with Crippen LogP contribution in [0.1, 0.15) is 6.42 Å². The van der Waals surface area contributed by atoms with Crippen molar-refractivity contribution >= 4 is 26.1 Å². The van der Waals surface area contributed by atoms with Gasteiger partial charge in [0, 0.05) is 0 Å². The highest BCUT2D eigenvalue weighted by Gasteiger charge is 2.53. The Bertz CT molecular complexity index is 293. The first-order valence-electron chi connectivity index (χ1n) is 3.31. The maximum Gasteiger partial charge on any atom is 0.490 e. The van der Waals surface area contributed by atoms with Gasteiger partial charge in [-0.15, -0.1) is 4.52 Å². The summed E-state index contributed by atoms with van der Waals surface area (Å²) >= 11 is 0. The van der Waals surface area contributed by atoms with Crippen LogP contribution in [-0.2, 0) is 23.5 Å². The number of carboxylic acid groups (broad SMARTS) is 2. The van der Waals surface area contributed by atoms with Gasteiger partial charge in [-0.2, -0.15) is 0 Å². The summed E-state index contributed by atoms with van der Waals surface area (Å²) in [6.07, 6.45) is -1.39. The molecule has 0 rings (SSSR count). The highest BCUT2D eigenvalue weighted by Crippen LogP contribution is 2.26. The van der Waals surface area contributed by atoms with Gasteiger partial charge in [-0.3, -0.25) is 9.59 Å². The predicted octanol–water partition coefficient (Wildman–Crippen LogP) is -2.20. The first-order chi connectivity index (χ1) is 6.72. The van der Waals surface area contributed by atoms with Crippen LogP contribution in [0.25, 0.3) is 0 Å². The molecule has 15 heavy (non-hydrogen) atoms. The van der Waals surface area contributed by atoms with Crippen LogP contribution in [-0.4, -0.2) is 33.7 Å². The summed E-state index contributed by atoms with van der Waals surface area (Å²) in [5.74, 6) is -5.54. The lowest BCUT2D eigenvalue weighted by molar-refractivity contribution is -0.203. The lowest BCUT2D eigenvalue weighted by Crippen LogP contribution is -2.53. The van der Waals surface area contributed by atoms with E-state index >= 15 is 0 Å². The molecule has 0 aromatic rings. The van der Waals surface area contributed by atoms with E-state index in [9.17, 15) is 23.8 Å². The van der Waals surface area contributed by atoms with Gasteiger partial charge in [0.2, 0.25) is 0 Å². The summed E-state index contributed by atoms with van der Waals surface area (Å²) in [4.78, 5) is 41.7. The normalized spacial score (nSPS) is 15.1.